The Balaban J connectivity index is 1.43. The van der Waals surface area contributed by atoms with Crippen LogP contribution in [-0.2, 0) is 19.1 Å². The molecule has 0 aromatic heterocycles. The Labute approximate surface area is 254 Å². The molecule has 3 amide bonds. The van der Waals surface area contributed by atoms with Crippen LogP contribution in [0.25, 0.3) is 0 Å². The molecule has 3 aliphatic rings. The number of anilines is 1. The summed E-state index contributed by atoms with van der Waals surface area (Å²) in [5.74, 6) is -1.36. The number of carbonyl (C=O) groups is 4. The van der Waals surface area contributed by atoms with E-state index in [1.807, 2.05) is 27.7 Å². The first-order valence-corrected chi connectivity index (χ1v) is 15.9. The highest BCUT2D eigenvalue weighted by Crippen LogP contribution is 2.41. The number of benzene rings is 1. The van der Waals surface area contributed by atoms with Crippen LogP contribution in [0.4, 0.5) is 14.9 Å². The van der Waals surface area contributed by atoms with Crippen molar-refractivity contribution in [1.82, 2.24) is 10.2 Å². The summed E-state index contributed by atoms with van der Waals surface area (Å²) in [5, 5.41) is 5.68. The highest BCUT2D eigenvalue weighted by atomic mass is 19.1. The van der Waals surface area contributed by atoms with E-state index in [-0.39, 0.29) is 46.9 Å². The molecular formula is C33H48FN3O6. The van der Waals surface area contributed by atoms with Gasteiger partial charge in [0.1, 0.15) is 17.5 Å². The molecule has 2 saturated carbocycles. The molecule has 9 nitrogen and oxygen atoms in total. The molecule has 1 aliphatic heterocycles. The second-order valence-electron chi connectivity index (χ2n) is 13.5. The van der Waals surface area contributed by atoms with Crippen molar-refractivity contribution >= 4 is 29.6 Å². The Morgan fingerprint density at radius 1 is 0.977 bits per heavy atom. The number of alkyl carbamates (subject to hydrolysis) is 1. The Bertz CT molecular complexity index is 1170. The molecule has 3 fully saturated rings. The van der Waals surface area contributed by atoms with Crippen molar-refractivity contribution in [3.05, 3.63) is 29.6 Å². The number of nitrogens with zero attached hydrogens (tertiary/aromatic N) is 1. The number of carbonyl (C=O) groups excluding carboxylic acids is 4. The number of nitrogens with one attached hydrogen (secondary N) is 2. The maximum Gasteiger partial charge on any atom is 0.407 e. The Hall–Kier alpha value is -3.17. The fraction of sp³-hybridized carbons (Fsp3) is 0.697. The highest BCUT2D eigenvalue weighted by molar-refractivity contribution is 5.99. The Morgan fingerprint density at radius 2 is 1.65 bits per heavy atom. The van der Waals surface area contributed by atoms with Gasteiger partial charge in [0, 0.05) is 18.5 Å². The molecule has 2 aliphatic carbocycles. The van der Waals surface area contributed by atoms with E-state index < -0.39 is 29.5 Å². The summed E-state index contributed by atoms with van der Waals surface area (Å²) < 4.78 is 25.0. The minimum atomic E-state index is -0.728. The van der Waals surface area contributed by atoms with Crippen molar-refractivity contribution in [2.24, 2.45) is 23.7 Å². The minimum absolute atomic E-state index is 0.00817. The van der Waals surface area contributed by atoms with Gasteiger partial charge in [-0.1, -0.05) is 32.1 Å². The van der Waals surface area contributed by atoms with Crippen molar-refractivity contribution in [3.8, 4) is 0 Å². The van der Waals surface area contributed by atoms with Crippen LogP contribution in [0.2, 0.25) is 0 Å². The average Bonchev–Trinajstić information content (AvgIpc) is 3.42. The second kappa shape index (κ2) is 14.1. The largest absolute Gasteiger partial charge is 0.465 e. The molecule has 3 atom stereocenters. The highest BCUT2D eigenvalue weighted by Gasteiger charge is 2.47. The maximum absolute atomic E-state index is 14.9. The summed E-state index contributed by atoms with van der Waals surface area (Å²) >= 11 is 0. The first-order chi connectivity index (χ1) is 20.4. The van der Waals surface area contributed by atoms with Gasteiger partial charge >= 0.3 is 12.1 Å². The quantitative estimate of drug-likeness (QED) is 0.367. The summed E-state index contributed by atoms with van der Waals surface area (Å²) in [6.07, 6.45) is 8.77. The van der Waals surface area contributed by atoms with Crippen molar-refractivity contribution in [2.45, 2.75) is 110 Å². The van der Waals surface area contributed by atoms with Crippen LogP contribution in [0.5, 0.6) is 0 Å². The summed E-state index contributed by atoms with van der Waals surface area (Å²) in [7, 11) is 1.22. The summed E-state index contributed by atoms with van der Waals surface area (Å²) in [6.45, 7) is 7.98. The molecule has 1 heterocycles. The predicted octanol–water partition coefficient (Wildman–Crippen LogP) is 6.07. The SMILES string of the molecule is COC(=O)c1ccc(NC(=O)[C@@H]2[C@@H](C3CCCCC3)CCN2C(=O)C2CCC(C(C)NC(=O)OC(C)(C)C)CC2)c(F)c1. The van der Waals surface area contributed by atoms with E-state index in [9.17, 15) is 23.6 Å². The van der Waals surface area contributed by atoms with Crippen LogP contribution in [-0.4, -0.2) is 60.1 Å². The lowest BCUT2D eigenvalue weighted by Gasteiger charge is -2.37. The van der Waals surface area contributed by atoms with Crippen molar-refractivity contribution in [1.29, 1.82) is 0 Å². The molecule has 1 saturated heterocycles. The standard InChI is InChI=1S/C33H48FN3O6/c1-20(35-32(41)43-33(2,3)4)21-11-13-23(14-12-21)30(39)37-18-17-25(22-9-7-6-8-10-22)28(37)29(38)36-27-16-15-24(19-26(27)34)31(40)42-5/h15-16,19-23,25,28H,6-14,17-18H2,1-5H3,(H,35,41)(H,36,38)/t20?,21?,23?,25-,28+/m1/s1. The molecule has 10 heteroatoms. The number of rotatable bonds is 7. The molecule has 0 bridgehead atoms. The Morgan fingerprint density at radius 3 is 2.26 bits per heavy atom. The third-order valence-corrected chi connectivity index (χ3v) is 9.47. The molecule has 43 heavy (non-hydrogen) atoms. The van der Waals surface area contributed by atoms with Gasteiger partial charge in [0.15, 0.2) is 0 Å². The van der Waals surface area contributed by atoms with Gasteiger partial charge in [-0.3, -0.25) is 9.59 Å². The summed E-state index contributed by atoms with van der Waals surface area (Å²) in [6, 6.07) is 3.09. The zero-order valence-electron chi connectivity index (χ0n) is 26.2. The molecular weight excluding hydrogens is 553 g/mol. The number of methoxy groups -OCH3 is 1. The molecule has 238 valence electrons. The van der Waals surface area contributed by atoms with Crippen LogP contribution in [0.3, 0.4) is 0 Å². The van der Waals surface area contributed by atoms with Gasteiger partial charge in [-0.05, 0) is 95.8 Å². The number of ether oxygens (including phenoxy) is 2. The minimum Gasteiger partial charge on any atom is -0.465 e. The number of likely N-dealkylation sites (tertiary alicyclic amines) is 1. The van der Waals surface area contributed by atoms with Crippen molar-refractivity contribution < 1.29 is 33.0 Å². The van der Waals surface area contributed by atoms with E-state index in [0.717, 1.165) is 51.0 Å². The smallest absolute Gasteiger partial charge is 0.407 e. The van der Waals surface area contributed by atoms with E-state index in [4.69, 9.17) is 4.74 Å². The number of hydrogen-bond acceptors (Lipinski definition) is 6. The molecule has 0 radical (unpaired) electrons. The van der Waals surface area contributed by atoms with Crippen LogP contribution in [0, 0.1) is 29.5 Å². The van der Waals surface area contributed by atoms with Gasteiger partial charge in [-0.15, -0.1) is 0 Å². The summed E-state index contributed by atoms with van der Waals surface area (Å²) in [4.78, 5) is 53.6. The lowest BCUT2D eigenvalue weighted by Crippen LogP contribution is -2.50. The molecule has 0 spiro atoms. The van der Waals surface area contributed by atoms with Gasteiger partial charge in [0.2, 0.25) is 11.8 Å². The lowest BCUT2D eigenvalue weighted by atomic mass is 9.76. The van der Waals surface area contributed by atoms with Crippen molar-refractivity contribution in [2.75, 3.05) is 19.0 Å². The lowest BCUT2D eigenvalue weighted by molar-refractivity contribution is -0.142. The third kappa shape index (κ3) is 8.26. The fourth-order valence-corrected chi connectivity index (χ4v) is 7.24. The van der Waals surface area contributed by atoms with E-state index >= 15 is 0 Å². The third-order valence-electron chi connectivity index (χ3n) is 9.47. The summed E-state index contributed by atoms with van der Waals surface area (Å²) in [5.41, 5.74) is -0.534. The normalized spacial score (nSPS) is 25.5. The van der Waals surface area contributed by atoms with Crippen LogP contribution >= 0.6 is 0 Å². The van der Waals surface area contributed by atoms with Gasteiger partial charge in [-0.25, -0.2) is 14.0 Å². The molecule has 1 aromatic rings. The Kier molecular flexibility index (Phi) is 10.7. The van der Waals surface area contributed by atoms with E-state index in [1.165, 1.54) is 25.7 Å². The van der Waals surface area contributed by atoms with Gasteiger partial charge in [-0.2, -0.15) is 0 Å². The zero-order chi connectivity index (χ0) is 31.3. The fourth-order valence-electron chi connectivity index (χ4n) is 7.24. The second-order valence-corrected chi connectivity index (χ2v) is 13.5. The first-order valence-electron chi connectivity index (χ1n) is 15.9. The van der Waals surface area contributed by atoms with Crippen LogP contribution < -0.4 is 10.6 Å². The van der Waals surface area contributed by atoms with Gasteiger partial charge in [0.25, 0.3) is 0 Å². The predicted molar refractivity (Wildman–Crippen MR) is 161 cm³/mol. The number of amides is 3. The average molecular weight is 602 g/mol. The topological polar surface area (TPSA) is 114 Å². The maximum atomic E-state index is 14.9. The number of esters is 1. The number of hydrogen-bond donors (Lipinski definition) is 2. The van der Waals surface area contributed by atoms with E-state index in [0.29, 0.717) is 25.3 Å². The van der Waals surface area contributed by atoms with Gasteiger partial charge in [0.05, 0.1) is 18.4 Å². The molecule has 4 rings (SSSR count). The molecule has 1 unspecified atom stereocenters. The molecule has 1 aromatic carbocycles. The zero-order valence-corrected chi connectivity index (χ0v) is 26.2. The molecule has 2 N–H and O–H groups in total. The van der Waals surface area contributed by atoms with E-state index in [1.54, 1.807) is 4.90 Å². The van der Waals surface area contributed by atoms with Crippen LogP contribution in [0.1, 0.15) is 102 Å². The van der Waals surface area contributed by atoms with Crippen molar-refractivity contribution in [3.63, 3.8) is 0 Å². The van der Waals surface area contributed by atoms with Crippen LogP contribution in [0.15, 0.2) is 18.2 Å². The number of halogens is 1. The van der Waals surface area contributed by atoms with Gasteiger partial charge < -0.3 is 25.0 Å². The monoisotopic (exact) mass is 601 g/mol. The first kappa shape index (κ1) is 32.7. The van der Waals surface area contributed by atoms with E-state index in [2.05, 4.69) is 15.4 Å².